The molecular formula is C25H17ClN2O4. The lowest BCUT2D eigenvalue weighted by Crippen LogP contribution is -2.29. The molecule has 0 aromatic heterocycles. The van der Waals surface area contributed by atoms with Gasteiger partial charge in [-0.25, -0.2) is 0 Å². The third kappa shape index (κ3) is 3.59. The Labute approximate surface area is 189 Å². The molecule has 3 aromatic rings. The first-order valence-corrected chi connectivity index (χ1v) is 10.0. The highest BCUT2D eigenvalue weighted by Gasteiger charge is 2.47. The Hall–Kier alpha value is -4.08. The first-order chi connectivity index (χ1) is 15.5. The van der Waals surface area contributed by atoms with Crippen molar-refractivity contribution in [3.05, 3.63) is 100 Å². The van der Waals surface area contributed by atoms with Crippen molar-refractivity contribution in [2.75, 3.05) is 12.0 Å². The molecule has 32 heavy (non-hydrogen) atoms. The number of nitriles is 1. The Bertz CT molecular complexity index is 1280. The predicted octanol–water partition coefficient (Wildman–Crippen LogP) is 4.85. The van der Waals surface area contributed by atoms with Crippen LogP contribution in [0.15, 0.2) is 78.4 Å². The van der Waals surface area contributed by atoms with E-state index in [9.17, 15) is 14.7 Å². The van der Waals surface area contributed by atoms with Crippen molar-refractivity contribution in [2.24, 2.45) is 0 Å². The van der Waals surface area contributed by atoms with E-state index in [2.05, 4.69) is 0 Å². The van der Waals surface area contributed by atoms with Gasteiger partial charge in [0.15, 0.2) is 0 Å². The zero-order chi connectivity index (χ0) is 22.8. The molecule has 1 atom stereocenters. The summed E-state index contributed by atoms with van der Waals surface area (Å²) in [5.41, 5.74) is 1.62. The zero-order valence-corrected chi connectivity index (χ0v) is 17.7. The van der Waals surface area contributed by atoms with Gasteiger partial charge in [0.2, 0.25) is 0 Å². The molecule has 1 N–H and O–H groups in total. The molecule has 0 spiro atoms. The van der Waals surface area contributed by atoms with Crippen molar-refractivity contribution in [1.82, 2.24) is 0 Å². The van der Waals surface area contributed by atoms with Crippen LogP contribution in [0, 0.1) is 11.3 Å². The highest BCUT2D eigenvalue weighted by molar-refractivity contribution is 6.51. The number of aliphatic hydroxyl groups is 1. The molecule has 1 amide bonds. The van der Waals surface area contributed by atoms with Crippen LogP contribution in [0.3, 0.4) is 0 Å². The van der Waals surface area contributed by atoms with Crippen LogP contribution >= 0.6 is 11.6 Å². The van der Waals surface area contributed by atoms with Gasteiger partial charge in [0, 0.05) is 10.7 Å². The summed E-state index contributed by atoms with van der Waals surface area (Å²) in [7, 11) is 1.43. The lowest BCUT2D eigenvalue weighted by atomic mass is 9.95. The SMILES string of the molecule is COc1ccc(Cl)cc1/C(O)=C1\C(=O)C(=O)N(c2ccc(C#N)cc2)C1c1ccccc1. The molecule has 158 valence electrons. The summed E-state index contributed by atoms with van der Waals surface area (Å²) in [6, 6.07) is 21.1. The van der Waals surface area contributed by atoms with E-state index < -0.39 is 17.7 Å². The van der Waals surface area contributed by atoms with Crippen LogP contribution in [0.5, 0.6) is 5.75 Å². The van der Waals surface area contributed by atoms with E-state index in [1.54, 1.807) is 60.7 Å². The number of carbonyl (C=O) groups is 2. The topological polar surface area (TPSA) is 90.6 Å². The third-order valence-corrected chi connectivity index (χ3v) is 5.49. The van der Waals surface area contributed by atoms with Gasteiger partial charge in [0.25, 0.3) is 11.7 Å². The van der Waals surface area contributed by atoms with Crippen molar-refractivity contribution in [2.45, 2.75) is 6.04 Å². The Morgan fingerprint density at radius 2 is 1.75 bits per heavy atom. The zero-order valence-electron chi connectivity index (χ0n) is 16.9. The van der Waals surface area contributed by atoms with Crippen LogP contribution in [-0.2, 0) is 9.59 Å². The molecule has 3 aromatic carbocycles. The third-order valence-electron chi connectivity index (χ3n) is 5.25. The Morgan fingerprint density at radius 3 is 2.38 bits per heavy atom. The summed E-state index contributed by atoms with van der Waals surface area (Å²) in [6.45, 7) is 0. The number of Topliss-reactive ketones (excluding diaryl/α,β-unsaturated/α-hetero) is 1. The van der Waals surface area contributed by atoms with Crippen LogP contribution in [0.1, 0.15) is 22.7 Å². The van der Waals surface area contributed by atoms with Crippen molar-refractivity contribution in [1.29, 1.82) is 5.26 Å². The normalized spacial score (nSPS) is 17.3. The lowest BCUT2D eigenvalue weighted by Gasteiger charge is -2.25. The van der Waals surface area contributed by atoms with Gasteiger partial charge >= 0.3 is 0 Å². The summed E-state index contributed by atoms with van der Waals surface area (Å²) in [4.78, 5) is 27.6. The molecule has 1 saturated heterocycles. The number of anilines is 1. The number of nitrogens with zero attached hydrogens (tertiary/aromatic N) is 2. The van der Waals surface area contributed by atoms with Gasteiger partial charge in [0.1, 0.15) is 11.5 Å². The highest BCUT2D eigenvalue weighted by atomic mass is 35.5. The van der Waals surface area contributed by atoms with Crippen molar-refractivity contribution >= 4 is 34.7 Å². The smallest absolute Gasteiger partial charge is 0.300 e. The molecule has 7 heteroatoms. The van der Waals surface area contributed by atoms with E-state index in [-0.39, 0.29) is 16.9 Å². The molecule has 1 heterocycles. The molecule has 0 radical (unpaired) electrons. The second kappa shape index (κ2) is 8.58. The molecule has 0 bridgehead atoms. The Kier molecular flexibility index (Phi) is 5.67. The standard InChI is InChI=1S/C25H17ClN2O4/c1-32-20-12-9-17(26)13-19(20)23(29)21-22(16-5-3-2-4-6-16)28(25(31)24(21)30)18-10-7-15(14-27)8-11-18/h2-13,22,29H,1H3/b23-21+. The number of amides is 1. The molecule has 1 fully saturated rings. The van der Waals surface area contributed by atoms with E-state index in [0.717, 1.165) is 0 Å². The van der Waals surface area contributed by atoms with Crippen LogP contribution in [0.4, 0.5) is 5.69 Å². The minimum atomic E-state index is -0.882. The number of rotatable bonds is 4. The molecule has 1 unspecified atom stereocenters. The number of hydrogen-bond acceptors (Lipinski definition) is 5. The van der Waals surface area contributed by atoms with E-state index >= 15 is 0 Å². The maximum atomic E-state index is 13.2. The maximum absolute atomic E-state index is 13.2. The number of methoxy groups -OCH3 is 1. The predicted molar refractivity (Wildman–Crippen MR) is 120 cm³/mol. The molecule has 0 aliphatic carbocycles. The van der Waals surface area contributed by atoms with Crippen LogP contribution in [-0.4, -0.2) is 23.9 Å². The van der Waals surface area contributed by atoms with E-state index in [0.29, 0.717) is 27.6 Å². The van der Waals surface area contributed by atoms with E-state index in [1.165, 1.54) is 18.1 Å². The van der Waals surface area contributed by atoms with Gasteiger partial charge in [-0.05, 0) is 48.0 Å². The fourth-order valence-corrected chi connectivity index (χ4v) is 3.93. The molecule has 4 rings (SSSR count). The van der Waals surface area contributed by atoms with Gasteiger partial charge in [-0.1, -0.05) is 41.9 Å². The summed E-state index contributed by atoms with van der Waals surface area (Å²) in [5, 5.41) is 20.6. The second-order valence-corrected chi connectivity index (χ2v) is 7.52. The number of benzene rings is 3. The van der Waals surface area contributed by atoms with Crippen LogP contribution in [0.25, 0.3) is 5.76 Å². The van der Waals surface area contributed by atoms with Crippen molar-refractivity contribution < 1.29 is 19.4 Å². The fraction of sp³-hybridized carbons (Fsp3) is 0.0800. The van der Waals surface area contributed by atoms with Gasteiger partial charge < -0.3 is 9.84 Å². The largest absolute Gasteiger partial charge is 0.507 e. The van der Waals surface area contributed by atoms with Gasteiger partial charge in [-0.3, -0.25) is 14.5 Å². The van der Waals surface area contributed by atoms with Gasteiger partial charge in [0.05, 0.1) is 35.9 Å². The number of carbonyl (C=O) groups excluding carboxylic acids is 2. The van der Waals surface area contributed by atoms with E-state index in [1.807, 2.05) is 12.1 Å². The Morgan fingerprint density at radius 1 is 1.06 bits per heavy atom. The van der Waals surface area contributed by atoms with Crippen LogP contribution in [0.2, 0.25) is 5.02 Å². The van der Waals surface area contributed by atoms with Gasteiger partial charge in [-0.15, -0.1) is 0 Å². The number of ketones is 1. The average molecular weight is 445 g/mol. The maximum Gasteiger partial charge on any atom is 0.300 e. The van der Waals surface area contributed by atoms with Crippen LogP contribution < -0.4 is 9.64 Å². The number of hydrogen-bond donors (Lipinski definition) is 1. The first kappa shape index (κ1) is 21.2. The number of halogens is 1. The first-order valence-electron chi connectivity index (χ1n) is 9.66. The molecule has 1 aliphatic heterocycles. The molecular weight excluding hydrogens is 428 g/mol. The summed E-state index contributed by atoms with van der Waals surface area (Å²) >= 11 is 6.12. The minimum absolute atomic E-state index is 0.0777. The van der Waals surface area contributed by atoms with Gasteiger partial charge in [-0.2, -0.15) is 5.26 Å². The quantitative estimate of drug-likeness (QED) is 0.353. The Balaban J connectivity index is 1.96. The summed E-state index contributed by atoms with van der Waals surface area (Å²) in [5.74, 6) is -1.69. The molecule has 6 nitrogen and oxygen atoms in total. The monoisotopic (exact) mass is 444 g/mol. The lowest BCUT2D eigenvalue weighted by molar-refractivity contribution is -0.132. The summed E-state index contributed by atoms with van der Waals surface area (Å²) < 4.78 is 5.33. The highest BCUT2D eigenvalue weighted by Crippen LogP contribution is 2.43. The number of aliphatic hydroxyl groups excluding tert-OH is 1. The molecule has 0 saturated carbocycles. The summed E-state index contributed by atoms with van der Waals surface area (Å²) in [6.07, 6.45) is 0. The molecule has 1 aliphatic rings. The average Bonchev–Trinajstić information content (AvgIpc) is 3.09. The number of ether oxygens (including phenoxy) is 1. The fourth-order valence-electron chi connectivity index (χ4n) is 3.76. The van der Waals surface area contributed by atoms with Crippen molar-refractivity contribution in [3.63, 3.8) is 0 Å². The van der Waals surface area contributed by atoms with E-state index in [4.69, 9.17) is 21.6 Å². The van der Waals surface area contributed by atoms with Crippen molar-refractivity contribution in [3.8, 4) is 11.8 Å². The minimum Gasteiger partial charge on any atom is -0.507 e. The second-order valence-electron chi connectivity index (χ2n) is 7.08.